The lowest BCUT2D eigenvalue weighted by Gasteiger charge is -2.20. The van der Waals surface area contributed by atoms with Crippen LogP contribution >= 0.6 is 15.9 Å². The summed E-state index contributed by atoms with van der Waals surface area (Å²) in [5.74, 6) is 1.62. The van der Waals surface area contributed by atoms with Crippen molar-refractivity contribution in [1.29, 1.82) is 0 Å². The van der Waals surface area contributed by atoms with Crippen LogP contribution in [0, 0.1) is 0 Å². The second kappa shape index (κ2) is 6.44. The molecule has 1 aromatic rings. The average Bonchev–Trinajstić information content (AvgIpc) is 2.36. The molecule has 4 heteroatoms. The third kappa shape index (κ3) is 3.98. The standard InChI is InChI=1S/C15H20BrNO2/c1-10(2)17-9-11(3)6-12-7-13(16)15-14(8-12)18-4-5-19-15/h6-8,10,17H,4-5,9H2,1-3H3. The molecule has 0 aromatic heterocycles. The molecule has 0 bridgehead atoms. The number of nitrogens with one attached hydrogen (secondary N) is 1. The Bertz CT molecular complexity index is 483. The van der Waals surface area contributed by atoms with Crippen molar-refractivity contribution in [3.05, 3.63) is 27.7 Å². The van der Waals surface area contributed by atoms with Gasteiger partial charge in [0.25, 0.3) is 0 Å². The topological polar surface area (TPSA) is 30.5 Å². The molecule has 2 rings (SSSR count). The van der Waals surface area contributed by atoms with Gasteiger partial charge in [0.15, 0.2) is 11.5 Å². The van der Waals surface area contributed by atoms with E-state index in [2.05, 4.69) is 54.2 Å². The molecule has 1 aliphatic heterocycles. The van der Waals surface area contributed by atoms with Crippen LogP contribution < -0.4 is 14.8 Å². The van der Waals surface area contributed by atoms with Gasteiger partial charge in [0.05, 0.1) is 4.47 Å². The van der Waals surface area contributed by atoms with Crippen LogP contribution in [0.4, 0.5) is 0 Å². The highest BCUT2D eigenvalue weighted by atomic mass is 79.9. The molecule has 0 atom stereocenters. The average molecular weight is 326 g/mol. The van der Waals surface area contributed by atoms with Crippen LogP contribution in [0.2, 0.25) is 0 Å². The summed E-state index contributed by atoms with van der Waals surface area (Å²) in [5, 5.41) is 3.41. The summed E-state index contributed by atoms with van der Waals surface area (Å²) in [4.78, 5) is 0. The molecule has 0 saturated carbocycles. The molecule has 3 nitrogen and oxygen atoms in total. The van der Waals surface area contributed by atoms with E-state index in [0.29, 0.717) is 19.3 Å². The van der Waals surface area contributed by atoms with Crippen molar-refractivity contribution in [1.82, 2.24) is 5.32 Å². The molecule has 104 valence electrons. The molecular weight excluding hydrogens is 306 g/mol. The van der Waals surface area contributed by atoms with Crippen molar-refractivity contribution in [2.45, 2.75) is 26.8 Å². The van der Waals surface area contributed by atoms with Gasteiger partial charge >= 0.3 is 0 Å². The Kier molecular flexibility index (Phi) is 4.88. The molecule has 0 fully saturated rings. The maximum Gasteiger partial charge on any atom is 0.175 e. The first-order chi connectivity index (χ1) is 9.06. The van der Waals surface area contributed by atoms with Crippen LogP contribution in [0.3, 0.4) is 0 Å². The smallest absolute Gasteiger partial charge is 0.175 e. The molecule has 1 aliphatic rings. The van der Waals surface area contributed by atoms with Gasteiger partial charge in [-0.2, -0.15) is 0 Å². The minimum atomic E-state index is 0.496. The van der Waals surface area contributed by atoms with Gasteiger partial charge in [0.1, 0.15) is 13.2 Å². The van der Waals surface area contributed by atoms with Crippen LogP contribution in [-0.4, -0.2) is 25.8 Å². The van der Waals surface area contributed by atoms with Crippen LogP contribution in [0.1, 0.15) is 26.3 Å². The van der Waals surface area contributed by atoms with Gasteiger partial charge in [0.2, 0.25) is 0 Å². The monoisotopic (exact) mass is 325 g/mol. The van der Waals surface area contributed by atoms with Crippen LogP contribution in [0.5, 0.6) is 11.5 Å². The largest absolute Gasteiger partial charge is 0.486 e. The summed E-state index contributed by atoms with van der Waals surface area (Å²) >= 11 is 3.54. The Labute approximate surface area is 123 Å². The molecule has 0 aliphatic carbocycles. The third-order valence-corrected chi connectivity index (χ3v) is 3.41. The van der Waals surface area contributed by atoms with E-state index in [1.807, 2.05) is 6.07 Å². The lowest BCUT2D eigenvalue weighted by molar-refractivity contribution is 0.170. The Morgan fingerprint density at radius 1 is 1.37 bits per heavy atom. The molecule has 1 aromatic carbocycles. The van der Waals surface area contributed by atoms with Gasteiger partial charge in [-0.1, -0.05) is 25.5 Å². The Morgan fingerprint density at radius 3 is 2.84 bits per heavy atom. The fourth-order valence-electron chi connectivity index (χ4n) is 1.91. The number of fused-ring (bicyclic) bond motifs is 1. The summed E-state index contributed by atoms with van der Waals surface area (Å²) in [5.41, 5.74) is 2.41. The highest BCUT2D eigenvalue weighted by molar-refractivity contribution is 9.10. The minimum Gasteiger partial charge on any atom is -0.486 e. The first-order valence-corrected chi connectivity index (χ1v) is 7.35. The molecule has 0 spiro atoms. The third-order valence-electron chi connectivity index (χ3n) is 2.82. The van der Waals surface area contributed by atoms with Crippen molar-refractivity contribution >= 4 is 22.0 Å². The quantitative estimate of drug-likeness (QED) is 0.917. The summed E-state index contributed by atoms with van der Waals surface area (Å²) in [6.45, 7) is 8.53. The molecule has 0 unspecified atom stereocenters. The van der Waals surface area contributed by atoms with E-state index in [9.17, 15) is 0 Å². The zero-order chi connectivity index (χ0) is 13.8. The first-order valence-electron chi connectivity index (χ1n) is 6.56. The van der Waals surface area contributed by atoms with E-state index in [0.717, 1.165) is 28.1 Å². The first kappa shape index (κ1) is 14.4. The van der Waals surface area contributed by atoms with Crippen LogP contribution in [-0.2, 0) is 0 Å². The predicted molar refractivity (Wildman–Crippen MR) is 81.9 cm³/mol. The number of halogens is 1. The SMILES string of the molecule is CC(=Cc1cc(Br)c2c(c1)OCCO2)CNC(C)C. The minimum absolute atomic E-state index is 0.496. The van der Waals surface area contributed by atoms with Gasteiger partial charge in [-0.3, -0.25) is 0 Å². The number of rotatable bonds is 4. The highest BCUT2D eigenvalue weighted by Gasteiger charge is 2.15. The lowest BCUT2D eigenvalue weighted by Crippen LogP contribution is -2.24. The molecule has 1 heterocycles. The molecule has 19 heavy (non-hydrogen) atoms. The fraction of sp³-hybridized carbons (Fsp3) is 0.467. The van der Waals surface area contributed by atoms with E-state index in [1.165, 1.54) is 5.57 Å². The number of hydrogen-bond acceptors (Lipinski definition) is 3. The molecule has 1 N–H and O–H groups in total. The predicted octanol–water partition coefficient (Wildman–Crippen LogP) is 3.62. The normalized spacial score (nSPS) is 14.9. The molecule has 0 saturated heterocycles. The van der Waals surface area contributed by atoms with Gasteiger partial charge < -0.3 is 14.8 Å². The van der Waals surface area contributed by atoms with Crippen LogP contribution in [0.15, 0.2) is 22.2 Å². The number of benzene rings is 1. The zero-order valence-corrected chi connectivity index (χ0v) is 13.2. The van der Waals surface area contributed by atoms with E-state index in [1.54, 1.807) is 0 Å². The second-order valence-corrected chi connectivity index (χ2v) is 5.91. The van der Waals surface area contributed by atoms with Crippen molar-refractivity contribution in [2.24, 2.45) is 0 Å². The summed E-state index contributed by atoms with van der Waals surface area (Å²) < 4.78 is 12.2. The zero-order valence-electron chi connectivity index (χ0n) is 11.6. The lowest BCUT2D eigenvalue weighted by atomic mass is 10.1. The van der Waals surface area contributed by atoms with E-state index >= 15 is 0 Å². The molecule has 0 radical (unpaired) electrons. The summed E-state index contributed by atoms with van der Waals surface area (Å²) in [7, 11) is 0. The van der Waals surface area contributed by atoms with Crippen molar-refractivity contribution < 1.29 is 9.47 Å². The van der Waals surface area contributed by atoms with Crippen molar-refractivity contribution in [3.63, 3.8) is 0 Å². The number of hydrogen-bond donors (Lipinski definition) is 1. The Hall–Kier alpha value is -1.00. The van der Waals surface area contributed by atoms with Crippen molar-refractivity contribution in [2.75, 3.05) is 19.8 Å². The fourth-order valence-corrected chi connectivity index (χ4v) is 2.49. The summed E-state index contributed by atoms with van der Waals surface area (Å²) in [6, 6.07) is 4.58. The molecule has 0 amide bonds. The Morgan fingerprint density at radius 2 is 2.11 bits per heavy atom. The maximum absolute atomic E-state index is 5.62. The van der Waals surface area contributed by atoms with E-state index < -0.39 is 0 Å². The second-order valence-electron chi connectivity index (χ2n) is 5.05. The maximum atomic E-state index is 5.62. The highest BCUT2D eigenvalue weighted by Crippen LogP contribution is 2.38. The Balaban J connectivity index is 2.16. The van der Waals surface area contributed by atoms with Gasteiger partial charge in [0, 0.05) is 12.6 Å². The van der Waals surface area contributed by atoms with Gasteiger partial charge in [-0.25, -0.2) is 0 Å². The van der Waals surface area contributed by atoms with Gasteiger partial charge in [-0.05, 0) is 40.5 Å². The van der Waals surface area contributed by atoms with Crippen LogP contribution in [0.25, 0.3) is 6.08 Å². The van der Waals surface area contributed by atoms with Gasteiger partial charge in [-0.15, -0.1) is 0 Å². The van der Waals surface area contributed by atoms with Crippen molar-refractivity contribution in [3.8, 4) is 11.5 Å². The number of ether oxygens (including phenoxy) is 2. The summed E-state index contributed by atoms with van der Waals surface area (Å²) in [6.07, 6.45) is 2.17. The van der Waals surface area contributed by atoms with E-state index in [-0.39, 0.29) is 0 Å². The van der Waals surface area contributed by atoms with E-state index in [4.69, 9.17) is 9.47 Å². The molecular formula is C15H20BrNO2.